The normalized spacial score (nSPS) is 20.1. The summed E-state index contributed by atoms with van der Waals surface area (Å²) in [6.07, 6.45) is -8.73. The van der Waals surface area contributed by atoms with Crippen molar-refractivity contribution < 1.29 is 27.4 Å². The van der Waals surface area contributed by atoms with Crippen molar-refractivity contribution in [2.75, 3.05) is 0 Å². The molecule has 0 aliphatic rings. The molecule has 0 aromatic rings. The summed E-state index contributed by atoms with van der Waals surface area (Å²) in [6, 6.07) is 0. The first-order valence-corrected chi connectivity index (χ1v) is 18.6. The monoisotopic (exact) mass is 739 g/mol. The lowest BCUT2D eigenvalue weighted by atomic mass is 9.84. The van der Waals surface area contributed by atoms with E-state index in [-0.39, 0.29) is 33.4 Å². The predicted molar refractivity (Wildman–Crippen MR) is 249 cm³/mol. The summed E-state index contributed by atoms with van der Waals surface area (Å²) in [5, 5.41) is 0. The van der Waals surface area contributed by atoms with E-state index in [2.05, 4.69) is 41.5 Å². The zero-order chi connectivity index (χ0) is 61.2. The van der Waals surface area contributed by atoms with Crippen LogP contribution in [0.2, 0.25) is 0 Å². The van der Waals surface area contributed by atoms with Gasteiger partial charge in [-0.2, -0.15) is 0 Å². The maximum Gasteiger partial charge on any atom is 0.0302 e. The Balaban J connectivity index is -0.0000000855. The number of hydrogen-bond acceptors (Lipinski definition) is 0. The van der Waals surface area contributed by atoms with Crippen molar-refractivity contribution >= 4 is 0 Å². The summed E-state index contributed by atoms with van der Waals surface area (Å²) >= 11 is 0. The van der Waals surface area contributed by atoms with Gasteiger partial charge in [0.25, 0.3) is 0 Å². The fourth-order valence-electron chi connectivity index (χ4n) is 0. The molecule has 0 fully saturated rings. The minimum Gasteiger partial charge on any atom is -0.0654 e. The van der Waals surface area contributed by atoms with Gasteiger partial charge in [0.05, 0.1) is 0 Å². The van der Waals surface area contributed by atoms with Gasteiger partial charge >= 0.3 is 0 Å². The molecule has 0 aromatic carbocycles. The van der Waals surface area contributed by atoms with Gasteiger partial charge in [0.15, 0.2) is 0 Å². The smallest absolute Gasteiger partial charge is 0.0302 e. The van der Waals surface area contributed by atoms with Crippen LogP contribution < -0.4 is 0 Å². The van der Waals surface area contributed by atoms with Crippen LogP contribution in [0.25, 0.3) is 0 Å². The molecule has 0 aromatic heterocycles. The lowest BCUT2D eigenvalue weighted by Gasteiger charge is -2.22. The molecule has 0 nitrogen and oxygen atoms in total. The van der Waals surface area contributed by atoms with Gasteiger partial charge in [-0.3, -0.25) is 0 Å². The third-order valence-electron chi connectivity index (χ3n) is 7.10. The van der Waals surface area contributed by atoms with E-state index in [9.17, 15) is 0 Å². The zero-order valence-electron chi connectivity index (χ0n) is 61.2. The van der Waals surface area contributed by atoms with E-state index in [1.165, 1.54) is 27.7 Å². The van der Waals surface area contributed by atoms with Gasteiger partial charge in [0.2, 0.25) is 0 Å². The van der Waals surface area contributed by atoms with E-state index >= 15 is 0 Å². The Morgan fingerprint density at radius 2 is 0.500 bits per heavy atom. The fraction of sp³-hybridized carbons (Fsp3) is 1.00. The largest absolute Gasteiger partial charge is 0.0654 e. The van der Waals surface area contributed by atoms with Crippen LogP contribution in [0.15, 0.2) is 0 Å². The molecule has 0 aliphatic heterocycles. The Morgan fingerprint density at radius 1 is 0.380 bits per heavy atom. The number of hydrogen-bond donors (Lipinski definition) is 0. The highest BCUT2D eigenvalue weighted by atomic mass is 14.2. The van der Waals surface area contributed by atoms with E-state index in [1.54, 1.807) is 76.2 Å². The Hall–Kier alpha value is 0. The number of rotatable bonds is 5. The average Bonchev–Trinajstić information content (AvgIpc) is 2.91. The first kappa shape index (κ1) is 32.3. The average molecular weight is 740 g/mol. The molecule has 50 heavy (non-hydrogen) atoms. The van der Waals surface area contributed by atoms with Crippen molar-refractivity contribution in [3.63, 3.8) is 0 Å². The predicted octanol–water partition coefficient (Wildman–Crippen LogP) is 20.3. The molecule has 0 aliphatic carbocycles. The van der Waals surface area contributed by atoms with E-state index in [1.807, 2.05) is 76.2 Å². The molecule has 0 saturated heterocycles. The maximum absolute atomic E-state index is 7.58. The van der Waals surface area contributed by atoms with Crippen LogP contribution in [0.4, 0.5) is 0 Å². The molecule has 0 heteroatoms. The lowest BCUT2D eigenvalue weighted by Crippen LogP contribution is -2.12. The minimum absolute atomic E-state index is 0.104. The summed E-state index contributed by atoms with van der Waals surface area (Å²) in [7, 11) is 0. The zero-order valence-corrected chi connectivity index (χ0v) is 41.2. The Morgan fingerprint density at radius 3 is 0.500 bits per heavy atom. The molecule has 0 N–H and O–H groups in total. The summed E-state index contributed by atoms with van der Waals surface area (Å²) in [4.78, 5) is 0. The second-order valence-electron chi connectivity index (χ2n) is 17.2. The highest BCUT2D eigenvalue weighted by Crippen LogP contribution is 2.24. The Labute approximate surface area is 357 Å². The molecular formula is C50H118. The van der Waals surface area contributed by atoms with Crippen LogP contribution in [-0.2, 0) is 0 Å². The van der Waals surface area contributed by atoms with Gasteiger partial charge in [0, 0.05) is 27.4 Å². The van der Waals surface area contributed by atoms with Crippen LogP contribution >= 0.6 is 0 Å². The topological polar surface area (TPSA) is 0 Å². The van der Waals surface area contributed by atoms with Crippen LogP contribution in [-0.4, -0.2) is 0 Å². The molecule has 0 amide bonds. The minimum atomic E-state index is -1.73. The van der Waals surface area contributed by atoms with Crippen molar-refractivity contribution in [2.24, 2.45) is 57.0 Å². The second kappa shape index (κ2) is 45.2. The maximum atomic E-state index is 7.58. The van der Waals surface area contributed by atoms with E-state index in [4.69, 9.17) is 27.4 Å². The molecule has 0 unspecified atom stereocenters. The molecule has 0 radical (unpaired) electrons. The SMILES string of the molecule is [2H]C(C)(C)C(C)(C)C.[2H]C(C)(C)C(C)(C)C.[2H]C(C)(C)C([2H])(C)C.[2H]C([2H])(C)C(C)(C)C.[2H]C([2H])(C)C(C)(C)C.[2H]C([2H])(C)C([2H])(C)C.[2H]C([2H])(C)C([2H])(C)C.[2H]C([2H])(C)C([2H])([2H])C.[2H]C([2H])(C)CC. The third-order valence-corrected chi connectivity index (χ3v) is 7.10. The molecule has 0 atom stereocenters. The highest BCUT2D eigenvalue weighted by Gasteiger charge is 2.14. The molecule has 0 heterocycles. The Bertz CT molecular complexity index is 892. The van der Waals surface area contributed by atoms with Gasteiger partial charge in [-0.25, -0.2) is 0 Å². The first-order valence-electron chi connectivity index (χ1n) is 28.6. The second-order valence-corrected chi connectivity index (χ2v) is 17.2. The van der Waals surface area contributed by atoms with Gasteiger partial charge in [0.1, 0.15) is 0 Å². The summed E-state index contributed by atoms with van der Waals surface area (Å²) in [5.41, 5.74) is -0.250. The molecule has 0 spiro atoms. The molecule has 318 valence electrons. The molecule has 0 saturated carbocycles. The van der Waals surface area contributed by atoms with Crippen LogP contribution in [0, 0.1) is 57.0 Å². The van der Waals surface area contributed by atoms with Crippen molar-refractivity contribution in [3.8, 4) is 0 Å². The van der Waals surface area contributed by atoms with Crippen molar-refractivity contribution in [2.45, 2.75) is 273 Å². The van der Waals surface area contributed by atoms with Gasteiger partial charge in [-0.05, 0) is 57.0 Å². The van der Waals surface area contributed by atoms with Gasteiger partial charge in [-0.15, -0.1) is 0 Å². The molecule has 0 bridgehead atoms. The van der Waals surface area contributed by atoms with Crippen molar-refractivity contribution in [3.05, 3.63) is 0 Å². The first-order chi connectivity index (χ1) is 28.6. The quantitative estimate of drug-likeness (QED) is 0.263. The van der Waals surface area contributed by atoms with Crippen LogP contribution in [0.3, 0.4) is 0 Å². The highest BCUT2D eigenvalue weighted by molar-refractivity contribution is 4.65. The summed E-state index contributed by atoms with van der Waals surface area (Å²) in [5.74, 6) is -3.88. The summed E-state index contributed by atoms with van der Waals surface area (Å²) in [6.45, 7) is 56.8. The standard InChI is InChI=1S/2C7H16.3C6H14.2C5H12.2C4H10/c2*1-6(2)7(3,4)5;2*1-5-6(2,3)4;1-5(2)6(3)4;2*1-4-5(2)3;2*1-3-4-2/h2*6H,1-5H3;2*5H2,1-4H3;5-6H,1-4H3;2*5H,4H2,1-3H3;2*3-4H2,1-2H3/i2*6D;2*5D2;5D,6D;2*4D2,5D;3D2,4D2;3D2. The van der Waals surface area contributed by atoms with Gasteiger partial charge in [-0.1, -0.05) is 273 Å². The van der Waals surface area contributed by atoms with Crippen LogP contribution in [0.5, 0.6) is 0 Å². The fourth-order valence-corrected chi connectivity index (χ4v) is 0. The lowest BCUT2D eigenvalue weighted by molar-refractivity contribution is 0.283. The van der Waals surface area contributed by atoms with Crippen molar-refractivity contribution in [1.29, 1.82) is 0 Å². The summed E-state index contributed by atoms with van der Waals surface area (Å²) < 4.78 is 143. The molecule has 0 rings (SSSR count). The van der Waals surface area contributed by atoms with E-state index < -0.39 is 68.2 Å². The molecular weight excluding hydrogens is 601 g/mol. The third kappa shape index (κ3) is 135. The van der Waals surface area contributed by atoms with Gasteiger partial charge < -0.3 is 0 Å². The van der Waals surface area contributed by atoms with E-state index in [0.29, 0.717) is 6.42 Å². The Kier molecular flexibility index (Phi) is 29.1. The van der Waals surface area contributed by atoms with E-state index in [0.717, 1.165) is 0 Å². The van der Waals surface area contributed by atoms with Crippen molar-refractivity contribution in [1.82, 2.24) is 0 Å². The van der Waals surface area contributed by atoms with Crippen LogP contribution in [0.1, 0.15) is 300 Å².